The van der Waals surface area contributed by atoms with Gasteiger partial charge in [-0.2, -0.15) is 0 Å². The minimum atomic E-state index is -0.104. The normalized spacial score (nSPS) is 16.7. The Morgan fingerprint density at radius 3 is 3.17 bits per heavy atom. The predicted octanol–water partition coefficient (Wildman–Crippen LogP) is 2.03. The van der Waals surface area contributed by atoms with Gasteiger partial charge in [0, 0.05) is 18.9 Å². The smallest absolute Gasteiger partial charge is 0.246 e. The van der Waals surface area contributed by atoms with Crippen LogP contribution >= 0.6 is 0 Å². The van der Waals surface area contributed by atoms with Gasteiger partial charge in [0.2, 0.25) is 5.91 Å². The van der Waals surface area contributed by atoms with Gasteiger partial charge in [-0.3, -0.25) is 9.78 Å². The molecular weight excluding hydrogens is 304 g/mol. The Morgan fingerprint density at radius 1 is 1.38 bits per heavy atom. The topological polar surface area (TPSA) is 86.8 Å². The van der Waals surface area contributed by atoms with Crippen molar-refractivity contribution in [3.8, 4) is 0 Å². The van der Waals surface area contributed by atoms with E-state index in [0.29, 0.717) is 13.1 Å². The van der Waals surface area contributed by atoms with E-state index in [1.807, 2.05) is 24.4 Å². The Hall–Kier alpha value is -3.22. The summed E-state index contributed by atoms with van der Waals surface area (Å²) < 4.78 is 0. The molecule has 3 aromatic heterocycles. The van der Waals surface area contributed by atoms with Gasteiger partial charge < -0.3 is 15.2 Å². The monoisotopic (exact) mass is 320 g/mol. The molecule has 120 valence electrons. The Kier molecular flexibility index (Phi) is 3.45. The predicted molar refractivity (Wildman–Crippen MR) is 90.1 cm³/mol. The molecule has 0 fully saturated rings. The fourth-order valence-corrected chi connectivity index (χ4v) is 3.04. The van der Waals surface area contributed by atoms with Crippen LogP contribution in [0.1, 0.15) is 17.3 Å². The minimum absolute atomic E-state index is 0.0978. The largest absolute Gasteiger partial charge is 0.361 e. The lowest BCUT2D eigenvalue weighted by Crippen LogP contribution is -2.40. The number of nitrogens with zero attached hydrogens (tertiary/aromatic N) is 4. The summed E-state index contributed by atoms with van der Waals surface area (Å²) in [7, 11) is 0. The molecule has 24 heavy (non-hydrogen) atoms. The number of aromatic amines is 1. The maximum atomic E-state index is 12.1. The summed E-state index contributed by atoms with van der Waals surface area (Å²) >= 11 is 0. The standard InChI is InChI=1S/C17H16N6O/c1-2-15(24)23-8-13-11(4-3-6-18-13)14(9-23)22-17-12-5-7-19-16(12)20-10-21-17/h2-7,10,14H,1,8-9H2,(H2,19,20,21,22). The van der Waals surface area contributed by atoms with Crippen molar-refractivity contribution >= 4 is 22.8 Å². The lowest BCUT2D eigenvalue weighted by atomic mass is 9.99. The number of hydrogen-bond acceptors (Lipinski definition) is 5. The second-order valence-corrected chi connectivity index (χ2v) is 5.62. The number of pyridine rings is 1. The van der Waals surface area contributed by atoms with E-state index >= 15 is 0 Å². The van der Waals surface area contributed by atoms with Crippen LogP contribution in [0.5, 0.6) is 0 Å². The first-order valence-electron chi connectivity index (χ1n) is 7.66. The van der Waals surface area contributed by atoms with Crippen LogP contribution in [0.4, 0.5) is 5.82 Å². The summed E-state index contributed by atoms with van der Waals surface area (Å²) in [5.74, 6) is 0.626. The molecule has 1 unspecified atom stereocenters. The fraction of sp³-hybridized carbons (Fsp3) is 0.176. The van der Waals surface area contributed by atoms with E-state index < -0.39 is 0 Å². The van der Waals surface area contributed by atoms with Gasteiger partial charge in [-0.25, -0.2) is 9.97 Å². The highest BCUT2D eigenvalue weighted by atomic mass is 16.2. The minimum Gasteiger partial charge on any atom is -0.361 e. The number of fused-ring (bicyclic) bond motifs is 2. The number of anilines is 1. The van der Waals surface area contributed by atoms with E-state index in [0.717, 1.165) is 28.1 Å². The zero-order valence-electron chi connectivity index (χ0n) is 12.9. The molecule has 2 N–H and O–H groups in total. The van der Waals surface area contributed by atoms with Crippen molar-refractivity contribution in [1.82, 2.24) is 24.8 Å². The highest BCUT2D eigenvalue weighted by Crippen LogP contribution is 2.29. The summed E-state index contributed by atoms with van der Waals surface area (Å²) in [6, 6.07) is 5.77. The average molecular weight is 320 g/mol. The third-order valence-corrected chi connectivity index (χ3v) is 4.20. The average Bonchev–Trinajstić information content (AvgIpc) is 3.10. The van der Waals surface area contributed by atoms with Gasteiger partial charge in [0.25, 0.3) is 0 Å². The van der Waals surface area contributed by atoms with Crippen LogP contribution in [0.25, 0.3) is 11.0 Å². The first-order chi connectivity index (χ1) is 11.8. The van der Waals surface area contributed by atoms with Crippen LogP contribution in [0.3, 0.4) is 0 Å². The highest BCUT2D eigenvalue weighted by Gasteiger charge is 2.28. The maximum Gasteiger partial charge on any atom is 0.246 e. The third-order valence-electron chi connectivity index (χ3n) is 4.20. The molecule has 0 radical (unpaired) electrons. The van der Waals surface area contributed by atoms with Crippen molar-refractivity contribution in [2.45, 2.75) is 12.6 Å². The first kappa shape index (κ1) is 14.4. The van der Waals surface area contributed by atoms with Crippen molar-refractivity contribution in [3.05, 3.63) is 60.8 Å². The van der Waals surface area contributed by atoms with Gasteiger partial charge >= 0.3 is 0 Å². The van der Waals surface area contributed by atoms with Gasteiger partial charge in [-0.1, -0.05) is 12.6 Å². The van der Waals surface area contributed by atoms with Gasteiger partial charge in [0.05, 0.1) is 23.7 Å². The molecule has 1 atom stereocenters. The van der Waals surface area contributed by atoms with E-state index in [9.17, 15) is 4.79 Å². The van der Waals surface area contributed by atoms with Crippen molar-refractivity contribution in [3.63, 3.8) is 0 Å². The van der Waals surface area contributed by atoms with Crippen LogP contribution in [-0.4, -0.2) is 37.3 Å². The Labute approximate surface area is 138 Å². The molecule has 4 rings (SSSR count). The maximum absolute atomic E-state index is 12.1. The molecule has 7 heteroatoms. The van der Waals surface area contributed by atoms with E-state index in [2.05, 4.69) is 31.8 Å². The van der Waals surface area contributed by atoms with Crippen LogP contribution in [0.2, 0.25) is 0 Å². The van der Waals surface area contributed by atoms with Crippen LogP contribution in [-0.2, 0) is 11.3 Å². The van der Waals surface area contributed by atoms with Gasteiger partial charge in [0.15, 0.2) is 0 Å². The summed E-state index contributed by atoms with van der Waals surface area (Å²) in [4.78, 5) is 29.8. The molecule has 0 aromatic carbocycles. The number of carbonyl (C=O) groups is 1. The van der Waals surface area contributed by atoms with E-state index in [4.69, 9.17) is 0 Å². The number of carbonyl (C=O) groups excluding carboxylic acids is 1. The van der Waals surface area contributed by atoms with Gasteiger partial charge in [-0.05, 0) is 23.8 Å². The van der Waals surface area contributed by atoms with E-state index in [1.54, 1.807) is 11.1 Å². The molecule has 3 aromatic rings. The Morgan fingerprint density at radius 2 is 2.29 bits per heavy atom. The molecule has 1 aliphatic heterocycles. The zero-order valence-corrected chi connectivity index (χ0v) is 12.9. The first-order valence-corrected chi connectivity index (χ1v) is 7.66. The zero-order chi connectivity index (χ0) is 16.5. The van der Waals surface area contributed by atoms with Crippen molar-refractivity contribution in [2.75, 3.05) is 11.9 Å². The quantitative estimate of drug-likeness (QED) is 0.721. The van der Waals surface area contributed by atoms with Crippen molar-refractivity contribution in [2.24, 2.45) is 0 Å². The number of aromatic nitrogens is 4. The van der Waals surface area contributed by atoms with Crippen LogP contribution < -0.4 is 5.32 Å². The van der Waals surface area contributed by atoms with Crippen LogP contribution in [0.15, 0.2) is 49.6 Å². The second-order valence-electron chi connectivity index (χ2n) is 5.62. The van der Waals surface area contributed by atoms with Crippen molar-refractivity contribution < 1.29 is 4.79 Å². The SMILES string of the molecule is C=CC(=O)N1Cc2ncccc2C(Nc2ncnc3[nH]ccc23)C1. The second kappa shape index (κ2) is 5.77. The molecular formula is C17H16N6O. The molecule has 1 amide bonds. The Bertz CT molecular complexity index is 918. The molecule has 0 bridgehead atoms. The Balaban J connectivity index is 1.72. The lowest BCUT2D eigenvalue weighted by molar-refractivity contribution is -0.127. The lowest BCUT2D eigenvalue weighted by Gasteiger charge is -2.34. The summed E-state index contributed by atoms with van der Waals surface area (Å²) in [6.07, 6.45) is 6.42. The number of amides is 1. The van der Waals surface area contributed by atoms with E-state index in [1.165, 1.54) is 12.4 Å². The number of nitrogens with one attached hydrogen (secondary N) is 2. The molecule has 1 aliphatic rings. The van der Waals surface area contributed by atoms with E-state index in [-0.39, 0.29) is 11.9 Å². The molecule has 0 saturated heterocycles. The molecule has 0 saturated carbocycles. The molecule has 0 aliphatic carbocycles. The summed E-state index contributed by atoms with van der Waals surface area (Å²) in [6.45, 7) is 4.59. The highest BCUT2D eigenvalue weighted by molar-refractivity contribution is 5.88. The summed E-state index contributed by atoms with van der Waals surface area (Å²) in [5, 5.41) is 4.35. The third kappa shape index (κ3) is 2.40. The molecule has 4 heterocycles. The van der Waals surface area contributed by atoms with Crippen LogP contribution in [0, 0.1) is 0 Å². The van der Waals surface area contributed by atoms with Gasteiger partial charge in [-0.15, -0.1) is 0 Å². The molecule has 0 spiro atoms. The number of rotatable bonds is 3. The fourth-order valence-electron chi connectivity index (χ4n) is 3.04. The number of H-pyrrole nitrogens is 1. The van der Waals surface area contributed by atoms with Gasteiger partial charge in [0.1, 0.15) is 17.8 Å². The number of hydrogen-bond donors (Lipinski definition) is 2. The molecule has 7 nitrogen and oxygen atoms in total. The van der Waals surface area contributed by atoms with Crippen molar-refractivity contribution in [1.29, 1.82) is 0 Å². The summed E-state index contributed by atoms with van der Waals surface area (Å²) in [5.41, 5.74) is 2.73.